The Morgan fingerprint density at radius 3 is 1.65 bits per heavy atom. The van der Waals surface area contributed by atoms with Gasteiger partial charge in [0.1, 0.15) is 12.4 Å². The van der Waals surface area contributed by atoms with E-state index < -0.39 is 0 Å². The van der Waals surface area contributed by atoms with Crippen LogP contribution in [0.15, 0.2) is 16.5 Å². The highest BCUT2D eigenvalue weighted by atomic mass is 16.6. The van der Waals surface area contributed by atoms with Crippen molar-refractivity contribution in [1.82, 2.24) is 0 Å². The fourth-order valence-electron chi connectivity index (χ4n) is 1.84. The van der Waals surface area contributed by atoms with Gasteiger partial charge in [0.05, 0.1) is 66.1 Å². The lowest BCUT2D eigenvalue weighted by Crippen LogP contribution is -2.13. The van der Waals surface area contributed by atoms with E-state index >= 15 is 0 Å². The molecule has 0 aliphatic carbocycles. The number of furan rings is 1. The lowest BCUT2D eigenvalue weighted by Gasteiger charge is -2.07. The molecule has 0 N–H and O–H groups in total. The highest BCUT2D eigenvalue weighted by molar-refractivity contribution is 5.91. The van der Waals surface area contributed by atoms with Crippen molar-refractivity contribution >= 4 is 5.78 Å². The summed E-state index contributed by atoms with van der Waals surface area (Å²) in [7, 11) is 1.64. The molecular weight excluding hydrogens is 344 g/mol. The summed E-state index contributed by atoms with van der Waals surface area (Å²) in [4.78, 5) is 11.1. The van der Waals surface area contributed by atoms with Crippen molar-refractivity contribution in [3.8, 4) is 0 Å². The first-order chi connectivity index (χ1) is 12.7. The molecule has 0 saturated carbocycles. The number of carbonyl (C=O) groups excluding carboxylic acids is 1. The molecule has 0 amide bonds. The van der Waals surface area contributed by atoms with Crippen molar-refractivity contribution in [2.45, 2.75) is 13.5 Å². The molecule has 150 valence electrons. The molecule has 0 unspecified atom stereocenters. The van der Waals surface area contributed by atoms with E-state index in [0.717, 1.165) is 0 Å². The van der Waals surface area contributed by atoms with Crippen molar-refractivity contribution in [1.29, 1.82) is 0 Å². The van der Waals surface area contributed by atoms with Crippen molar-refractivity contribution in [2.75, 3.05) is 73.2 Å². The normalized spacial score (nSPS) is 11.2. The molecule has 8 nitrogen and oxygen atoms in total. The van der Waals surface area contributed by atoms with E-state index in [0.29, 0.717) is 84.2 Å². The van der Waals surface area contributed by atoms with Crippen LogP contribution in [0, 0.1) is 0 Å². The minimum Gasteiger partial charge on any atom is -0.456 e. The summed E-state index contributed by atoms with van der Waals surface area (Å²) in [5.41, 5.74) is 0. The number of ether oxygens (including phenoxy) is 6. The lowest BCUT2D eigenvalue weighted by molar-refractivity contribution is -0.0166. The standard InChI is InChI=1S/C18H30O8/c1-16(19)18-4-3-17(26-18)15-25-14-13-24-12-11-23-10-9-22-8-7-21-6-5-20-2/h3-4H,5-15H2,1-2H3. The first-order valence-corrected chi connectivity index (χ1v) is 8.71. The molecule has 1 aromatic heterocycles. The maximum absolute atomic E-state index is 11.1. The molecule has 0 fully saturated rings. The summed E-state index contributed by atoms with van der Waals surface area (Å²) in [6.45, 7) is 7.04. The molecule has 1 aromatic rings. The Balaban J connectivity index is 1.77. The summed E-state index contributed by atoms with van der Waals surface area (Å²) in [5, 5.41) is 0. The first-order valence-electron chi connectivity index (χ1n) is 8.71. The Morgan fingerprint density at radius 1 is 0.769 bits per heavy atom. The molecule has 1 rings (SSSR count). The Morgan fingerprint density at radius 2 is 1.23 bits per heavy atom. The quantitative estimate of drug-likeness (QED) is 0.284. The van der Waals surface area contributed by atoms with Crippen molar-refractivity contribution in [2.24, 2.45) is 0 Å². The van der Waals surface area contributed by atoms with Crippen LogP contribution in [0.5, 0.6) is 0 Å². The number of hydrogen-bond acceptors (Lipinski definition) is 8. The number of rotatable bonds is 18. The van der Waals surface area contributed by atoms with Crippen LogP contribution in [0.1, 0.15) is 23.2 Å². The van der Waals surface area contributed by atoms with E-state index in [-0.39, 0.29) is 5.78 Å². The highest BCUT2D eigenvalue weighted by Gasteiger charge is 2.05. The van der Waals surface area contributed by atoms with Gasteiger partial charge in [0.2, 0.25) is 0 Å². The summed E-state index contributed by atoms with van der Waals surface area (Å²) in [5.74, 6) is 0.877. The third-order valence-corrected chi connectivity index (χ3v) is 3.17. The van der Waals surface area contributed by atoms with Crippen LogP contribution < -0.4 is 0 Å². The van der Waals surface area contributed by atoms with E-state index in [2.05, 4.69) is 0 Å². The molecule has 1 heterocycles. The van der Waals surface area contributed by atoms with Gasteiger partial charge in [-0.2, -0.15) is 0 Å². The second kappa shape index (κ2) is 15.9. The van der Waals surface area contributed by atoms with Gasteiger partial charge in [-0.3, -0.25) is 4.79 Å². The van der Waals surface area contributed by atoms with Crippen LogP contribution in [0.2, 0.25) is 0 Å². The second-order valence-electron chi connectivity index (χ2n) is 5.32. The van der Waals surface area contributed by atoms with Gasteiger partial charge in [-0.15, -0.1) is 0 Å². The van der Waals surface area contributed by atoms with Gasteiger partial charge in [0.25, 0.3) is 0 Å². The topological polar surface area (TPSA) is 85.6 Å². The third kappa shape index (κ3) is 12.1. The van der Waals surface area contributed by atoms with Crippen LogP contribution in [0.4, 0.5) is 0 Å². The number of Topliss-reactive ketones (excluding diaryl/α,β-unsaturated/α-hetero) is 1. The van der Waals surface area contributed by atoms with Crippen molar-refractivity contribution in [3.63, 3.8) is 0 Å². The van der Waals surface area contributed by atoms with Gasteiger partial charge in [-0.1, -0.05) is 0 Å². The van der Waals surface area contributed by atoms with E-state index in [1.54, 1.807) is 19.2 Å². The average molecular weight is 374 g/mol. The molecule has 0 aliphatic rings. The van der Waals surface area contributed by atoms with Gasteiger partial charge in [0.15, 0.2) is 11.5 Å². The Bertz CT molecular complexity index is 460. The minimum atomic E-state index is -0.0969. The lowest BCUT2D eigenvalue weighted by atomic mass is 10.3. The smallest absolute Gasteiger partial charge is 0.194 e. The molecule has 0 saturated heterocycles. The van der Waals surface area contributed by atoms with Crippen LogP contribution in [-0.4, -0.2) is 79.0 Å². The number of hydrogen-bond donors (Lipinski definition) is 0. The molecule has 0 spiro atoms. The molecule has 0 aromatic carbocycles. The maximum atomic E-state index is 11.1. The van der Waals surface area contributed by atoms with Crippen LogP contribution in [-0.2, 0) is 35.0 Å². The third-order valence-electron chi connectivity index (χ3n) is 3.17. The monoisotopic (exact) mass is 374 g/mol. The van der Waals surface area contributed by atoms with Crippen LogP contribution in [0.25, 0.3) is 0 Å². The summed E-state index contributed by atoms with van der Waals surface area (Å²) < 4.78 is 37.0. The zero-order valence-corrected chi connectivity index (χ0v) is 15.7. The fraction of sp³-hybridized carbons (Fsp3) is 0.722. The molecule has 0 radical (unpaired) electrons. The molecule has 8 heteroatoms. The fourth-order valence-corrected chi connectivity index (χ4v) is 1.84. The zero-order chi connectivity index (χ0) is 18.9. The summed E-state index contributed by atoms with van der Waals surface area (Å²) >= 11 is 0. The highest BCUT2D eigenvalue weighted by Crippen LogP contribution is 2.09. The van der Waals surface area contributed by atoms with E-state index in [1.807, 2.05) is 0 Å². The SMILES string of the molecule is COCCOCCOCCOCCOCCOCc1ccc(C(C)=O)o1. The number of ketones is 1. The predicted octanol–water partition coefficient (Wildman–Crippen LogP) is 1.71. The van der Waals surface area contributed by atoms with Crippen molar-refractivity contribution < 1.29 is 37.6 Å². The first kappa shape index (κ1) is 22.8. The molecule has 0 bridgehead atoms. The number of methoxy groups -OCH3 is 1. The van der Waals surface area contributed by atoms with E-state index in [1.165, 1.54) is 6.92 Å². The van der Waals surface area contributed by atoms with Gasteiger partial charge in [0, 0.05) is 14.0 Å². The molecular formula is C18H30O8. The summed E-state index contributed by atoms with van der Waals surface area (Å²) in [6.07, 6.45) is 0. The van der Waals surface area contributed by atoms with Crippen LogP contribution >= 0.6 is 0 Å². The van der Waals surface area contributed by atoms with E-state index in [9.17, 15) is 4.79 Å². The largest absolute Gasteiger partial charge is 0.456 e. The Kier molecular flexibility index (Phi) is 13.9. The summed E-state index contributed by atoms with van der Waals surface area (Å²) in [6, 6.07) is 3.38. The van der Waals surface area contributed by atoms with Gasteiger partial charge >= 0.3 is 0 Å². The molecule has 0 aliphatic heterocycles. The maximum Gasteiger partial charge on any atom is 0.194 e. The predicted molar refractivity (Wildman–Crippen MR) is 93.5 cm³/mol. The van der Waals surface area contributed by atoms with Gasteiger partial charge in [-0.25, -0.2) is 0 Å². The number of carbonyl (C=O) groups is 1. The zero-order valence-electron chi connectivity index (χ0n) is 15.7. The Hall–Kier alpha value is -1.29. The Labute approximate surface area is 154 Å². The van der Waals surface area contributed by atoms with E-state index in [4.69, 9.17) is 32.8 Å². The second-order valence-corrected chi connectivity index (χ2v) is 5.32. The van der Waals surface area contributed by atoms with Crippen molar-refractivity contribution in [3.05, 3.63) is 23.7 Å². The molecule has 0 atom stereocenters. The minimum absolute atomic E-state index is 0.0969. The molecule has 26 heavy (non-hydrogen) atoms. The van der Waals surface area contributed by atoms with Gasteiger partial charge in [-0.05, 0) is 12.1 Å². The average Bonchev–Trinajstić information content (AvgIpc) is 3.10. The van der Waals surface area contributed by atoms with Gasteiger partial charge < -0.3 is 32.8 Å². The van der Waals surface area contributed by atoms with Crippen LogP contribution in [0.3, 0.4) is 0 Å².